The maximum atomic E-state index is 11.7. The lowest BCUT2D eigenvalue weighted by Gasteiger charge is -2.21. The van der Waals surface area contributed by atoms with E-state index in [-0.39, 0.29) is 23.8 Å². The van der Waals surface area contributed by atoms with Crippen molar-refractivity contribution in [2.24, 2.45) is 5.92 Å². The van der Waals surface area contributed by atoms with Gasteiger partial charge in [-0.2, -0.15) is 0 Å². The van der Waals surface area contributed by atoms with E-state index in [2.05, 4.69) is 12.2 Å². The van der Waals surface area contributed by atoms with E-state index in [1.165, 1.54) is 0 Å². The van der Waals surface area contributed by atoms with E-state index in [1.54, 1.807) is 0 Å². The molecule has 0 aromatic heterocycles. The van der Waals surface area contributed by atoms with E-state index >= 15 is 0 Å². The fraction of sp³-hybridized carbons (Fsp3) is 0.846. The van der Waals surface area contributed by atoms with E-state index in [4.69, 9.17) is 0 Å². The Labute approximate surface area is 104 Å². The molecular weight excluding hydrogens is 216 g/mol. The summed E-state index contributed by atoms with van der Waals surface area (Å²) in [5.41, 5.74) is 0. The SMILES string of the molecule is CCCCC(=O)NCC1CC(=O)N(C(C)C)C1. The van der Waals surface area contributed by atoms with E-state index in [9.17, 15) is 9.59 Å². The molecule has 0 saturated carbocycles. The second-order valence-electron chi connectivity index (χ2n) is 5.12. The number of likely N-dealkylation sites (tertiary alicyclic amines) is 1. The third kappa shape index (κ3) is 4.36. The molecule has 2 amide bonds. The zero-order chi connectivity index (χ0) is 12.8. The number of hydrogen-bond acceptors (Lipinski definition) is 2. The maximum absolute atomic E-state index is 11.7. The molecule has 1 aliphatic heterocycles. The van der Waals surface area contributed by atoms with Gasteiger partial charge in [0.05, 0.1) is 0 Å². The van der Waals surface area contributed by atoms with Crippen LogP contribution in [0.3, 0.4) is 0 Å². The molecule has 4 heteroatoms. The lowest BCUT2D eigenvalue weighted by atomic mass is 10.1. The van der Waals surface area contributed by atoms with Crippen molar-refractivity contribution in [1.29, 1.82) is 0 Å². The Morgan fingerprint density at radius 1 is 1.53 bits per heavy atom. The van der Waals surface area contributed by atoms with Crippen molar-refractivity contribution < 1.29 is 9.59 Å². The fourth-order valence-corrected chi connectivity index (χ4v) is 2.13. The second kappa shape index (κ2) is 6.62. The molecule has 1 atom stereocenters. The van der Waals surface area contributed by atoms with E-state index in [1.807, 2.05) is 18.7 Å². The summed E-state index contributed by atoms with van der Waals surface area (Å²) in [4.78, 5) is 25.0. The molecule has 1 fully saturated rings. The Bertz CT molecular complexity index is 277. The van der Waals surface area contributed by atoms with Gasteiger partial charge in [0.15, 0.2) is 0 Å². The number of amides is 2. The highest BCUT2D eigenvalue weighted by atomic mass is 16.2. The number of carbonyl (C=O) groups excluding carboxylic acids is 2. The van der Waals surface area contributed by atoms with Crippen molar-refractivity contribution in [3.05, 3.63) is 0 Å². The van der Waals surface area contributed by atoms with Gasteiger partial charge in [-0.1, -0.05) is 13.3 Å². The lowest BCUT2D eigenvalue weighted by molar-refractivity contribution is -0.129. The molecule has 0 radical (unpaired) electrons. The Kier molecular flexibility index (Phi) is 5.45. The second-order valence-corrected chi connectivity index (χ2v) is 5.12. The van der Waals surface area contributed by atoms with Crippen molar-refractivity contribution in [2.45, 2.75) is 52.5 Å². The monoisotopic (exact) mass is 240 g/mol. The Hall–Kier alpha value is -1.06. The van der Waals surface area contributed by atoms with Crippen LogP contribution in [0.4, 0.5) is 0 Å². The van der Waals surface area contributed by atoms with Crippen molar-refractivity contribution in [1.82, 2.24) is 10.2 Å². The molecule has 1 rings (SSSR count). The molecule has 4 nitrogen and oxygen atoms in total. The van der Waals surface area contributed by atoms with Crippen LogP contribution in [-0.2, 0) is 9.59 Å². The number of nitrogens with one attached hydrogen (secondary N) is 1. The van der Waals surface area contributed by atoms with E-state index < -0.39 is 0 Å². The summed E-state index contributed by atoms with van der Waals surface area (Å²) in [5.74, 6) is 0.616. The first-order valence-electron chi connectivity index (χ1n) is 6.60. The van der Waals surface area contributed by atoms with Gasteiger partial charge in [0.1, 0.15) is 0 Å². The van der Waals surface area contributed by atoms with Crippen molar-refractivity contribution in [3.63, 3.8) is 0 Å². The minimum absolute atomic E-state index is 0.113. The van der Waals surface area contributed by atoms with E-state index in [0.29, 0.717) is 19.4 Å². The predicted molar refractivity (Wildman–Crippen MR) is 67.5 cm³/mol. The Morgan fingerprint density at radius 3 is 2.76 bits per heavy atom. The van der Waals surface area contributed by atoms with Gasteiger partial charge in [0, 0.05) is 37.9 Å². The van der Waals surface area contributed by atoms with Crippen LogP contribution in [0, 0.1) is 5.92 Å². The van der Waals surface area contributed by atoms with Crippen LogP contribution in [0.1, 0.15) is 46.5 Å². The molecule has 98 valence electrons. The molecular formula is C13H24N2O2. The molecule has 1 aliphatic rings. The summed E-state index contributed by atoms with van der Waals surface area (Å²) in [6, 6.07) is 0.267. The largest absolute Gasteiger partial charge is 0.356 e. The predicted octanol–water partition coefficient (Wildman–Crippen LogP) is 1.55. The average Bonchev–Trinajstić information content (AvgIpc) is 2.65. The van der Waals surface area contributed by atoms with Gasteiger partial charge in [-0.05, 0) is 20.3 Å². The van der Waals surface area contributed by atoms with Crippen LogP contribution in [-0.4, -0.2) is 35.8 Å². The van der Waals surface area contributed by atoms with Crippen molar-refractivity contribution in [2.75, 3.05) is 13.1 Å². The fourth-order valence-electron chi connectivity index (χ4n) is 2.13. The zero-order valence-electron chi connectivity index (χ0n) is 11.2. The Morgan fingerprint density at radius 2 is 2.24 bits per heavy atom. The third-order valence-corrected chi connectivity index (χ3v) is 3.21. The standard InChI is InChI=1S/C13H24N2O2/c1-4-5-6-12(16)14-8-11-7-13(17)15(9-11)10(2)3/h10-11H,4-9H2,1-3H3,(H,14,16). The first-order valence-corrected chi connectivity index (χ1v) is 6.60. The molecule has 1 saturated heterocycles. The summed E-state index contributed by atoms with van der Waals surface area (Å²) in [6.07, 6.45) is 3.15. The highest BCUT2D eigenvalue weighted by molar-refractivity contribution is 5.79. The summed E-state index contributed by atoms with van der Waals surface area (Å²) < 4.78 is 0. The molecule has 1 N–H and O–H groups in total. The van der Waals surface area contributed by atoms with Crippen molar-refractivity contribution >= 4 is 11.8 Å². The van der Waals surface area contributed by atoms with Crippen LogP contribution in [0.15, 0.2) is 0 Å². The molecule has 1 unspecified atom stereocenters. The molecule has 0 aliphatic carbocycles. The van der Waals surface area contributed by atoms with Gasteiger partial charge in [-0.15, -0.1) is 0 Å². The van der Waals surface area contributed by atoms with Crippen molar-refractivity contribution in [3.8, 4) is 0 Å². The zero-order valence-corrected chi connectivity index (χ0v) is 11.2. The first kappa shape index (κ1) is 14.0. The maximum Gasteiger partial charge on any atom is 0.223 e. The van der Waals surface area contributed by atoms with Gasteiger partial charge in [0.25, 0.3) is 0 Å². The van der Waals surface area contributed by atoms with Crippen LogP contribution in [0.5, 0.6) is 0 Å². The van der Waals surface area contributed by atoms with Crippen LogP contribution in [0.25, 0.3) is 0 Å². The number of carbonyl (C=O) groups is 2. The van der Waals surface area contributed by atoms with Crippen LogP contribution in [0.2, 0.25) is 0 Å². The number of hydrogen-bond donors (Lipinski definition) is 1. The van der Waals surface area contributed by atoms with Crippen LogP contribution >= 0.6 is 0 Å². The normalized spacial score (nSPS) is 20.1. The molecule has 0 aromatic carbocycles. The highest BCUT2D eigenvalue weighted by Gasteiger charge is 2.30. The van der Waals surface area contributed by atoms with Gasteiger partial charge in [-0.25, -0.2) is 0 Å². The first-order chi connectivity index (χ1) is 8.04. The van der Waals surface area contributed by atoms with Gasteiger partial charge in [-0.3, -0.25) is 9.59 Å². The smallest absolute Gasteiger partial charge is 0.223 e. The van der Waals surface area contributed by atoms with Gasteiger partial charge < -0.3 is 10.2 Å². The van der Waals surface area contributed by atoms with Gasteiger partial charge in [0.2, 0.25) is 11.8 Å². The lowest BCUT2D eigenvalue weighted by Crippen LogP contribution is -2.34. The summed E-state index contributed by atoms with van der Waals surface area (Å²) in [6.45, 7) is 7.55. The molecule has 17 heavy (non-hydrogen) atoms. The number of rotatable bonds is 6. The molecule has 0 bridgehead atoms. The average molecular weight is 240 g/mol. The third-order valence-electron chi connectivity index (χ3n) is 3.21. The topological polar surface area (TPSA) is 49.4 Å². The van der Waals surface area contributed by atoms with Crippen LogP contribution < -0.4 is 5.32 Å². The Balaban J connectivity index is 2.26. The summed E-state index contributed by atoms with van der Waals surface area (Å²) in [5, 5.41) is 2.92. The van der Waals surface area contributed by atoms with Gasteiger partial charge >= 0.3 is 0 Å². The highest BCUT2D eigenvalue weighted by Crippen LogP contribution is 2.19. The number of nitrogens with zero attached hydrogens (tertiary/aromatic N) is 1. The molecule has 0 aromatic rings. The summed E-state index contributed by atoms with van der Waals surface area (Å²) >= 11 is 0. The summed E-state index contributed by atoms with van der Waals surface area (Å²) in [7, 11) is 0. The quantitative estimate of drug-likeness (QED) is 0.766. The molecule has 1 heterocycles. The van der Waals surface area contributed by atoms with E-state index in [0.717, 1.165) is 19.4 Å². The minimum atomic E-state index is 0.113. The minimum Gasteiger partial charge on any atom is -0.356 e. The number of unbranched alkanes of at least 4 members (excludes halogenated alkanes) is 1. The molecule has 0 spiro atoms.